The maximum absolute atomic E-state index is 9.30. The number of aromatic hydroxyl groups is 1. The quantitative estimate of drug-likeness (QED) is 0.153. The molecule has 1 N–H and O–H groups in total. The maximum Gasteiger partial charge on any atom is 0.369 e. The number of ether oxygens (including phenoxy) is 1. The molecule has 0 amide bonds. The molecule has 0 aliphatic carbocycles. The van der Waals surface area contributed by atoms with Gasteiger partial charge >= 0.3 is 3.18 Å². The van der Waals surface area contributed by atoms with Crippen LogP contribution in [0, 0.1) is 0 Å². The standard InChI is InChI=1S/C10H7BrClNO.C9H5BrClNO.CHCl3.2CH4.BBr3/c1-14-10-4-9-6(3-8(10)12)2-7(11)5-13-9;10-6-1-5-2-7(11)9(13)3-8(5)12-4-6;2-1(3)4;;;2-1(3)4/h2-5H,1H3;1-4,13H;1H;2*1H4;. The molecule has 0 saturated carbocycles. The largest absolute Gasteiger partial charge is 0.506 e. The summed E-state index contributed by atoms with van der Waals surface area (Å²) in [4.78, 5) is 8.36. The Morgan fingerprint density at radius 3 is 1.57 bits per heavy atom. The van der Waals surface area contributed by atoms with Crippen LogP contribution in [-0.2, 0) is 0 Å². The summed E-state index contributed by atoms with van der Waals surface area (Å²) in [5.41, 5.74) is 1.60. The van der Waals surface area contributed by atoms with E-state index >= 15 is 0 Å². The van der Waals surface area contributed by atoms with Crippen molar-refractivity contribution in [1.29, 1.82) is 0 Å². The number of aromatic nitrogens is 2. The first-order chi connectivity index (χ1) is 16.3. The number of pyridine rings is 2. The van der Waals surface area contributed by atoms with Gasteiger partial charge in [0, 0.05) is 44.2 Å². The normalized spacial score (nSPS) is 9.41. The molecule has 4 aromatic rings. The molecule has 4 rings (SSSR count). The van der Waals surface area contributed by atoms with Crippen LogP contribution >= 0.6 is 137 Å². The van der Waals surface area contributed by atoms with Crippen LogP contribution in [0.5, 0.6) is 11.5 Å². The summed E-state index contributed by atoms with van der Waals surface area (Å²) in [6.07, 6.45) is 3.42. The van der Waals surface area contributed by atoms with Gasteiger partial charge in [-0.2, -0.15) is 0 Å². The van der Waals surface area contributed by atoms with E-state index in [2.05, 4.69) is 89.1 Å². The lowest BCUT2D eigenvalue weighted by Crippen LogP contribution is -1.86. The van der Waals surface area contributed by atoms with Crippen LogP contribution in [0.25, 0.3) is 21.8 Å². The van der Waals surface area contributed by atoms with Gasteiger partial charge in [0.1, 0.15) is 11.5 Å². The smallest absolute Gasteiger partial charge is 0.369 e. The van der Waals surface area contributed by atoms with Gasteiger partial charge < -0.3 is 9.84 Å². The zero-order valence-corrected chi connectivity index (χ0v) is 29.0. The Bertz CT molecular complexity index is 1250. The van der Waals surface area contributed by atoms with Crippen molar-refractivity contribution in [2.75, 3.05) is 7.11 Å². The van der Waals surface area contributed by atoms with E-state index in [1.54, 1.807) is 31.6 Å². The minimum Gasteiger partial charge on any atom is -0.506 e. The number of nitrogens with zero attached hydrogens (tertiary/aromatic N) is 2. The van der Waals surface area contributed by atoms with Gasteiger partial charge in [0.2, 0.25) is 0 Å². The van der Waals surface area contributed by atoms with Crippen molar-refractivity contribution in [3.63, 3.8) is 0 Å². The van der Waals surface area contributed by atoms with E-state index in [1.165, 1.54) is 0 Å². The van der Waals surface area contributed by atoms with Crippen LogP contribution in [0.1, 0.15) is 14.9 Å². The number of hydrogen-bond acceptors (Lipinski definition) is 4. The van der Waals surface area contributed by atoms with Crippen LogP contribution in [-0.4, -0.2) is 29.7 Å². The molecular weight excluding hydrogens is 912 g/mol. The summed E-state index contributed by atoms with van der Waals surface area (Å²) >= 11 is 42.1. The Hall–Kier alpha value is 0.775. The molecule has 0 saturated heterocycles. The topological polar surface area (TPSA) is 55.2 Å². The Morgan fingerprint density at radius 1 is 0.784 bits per heavy atom. The maximum atomic E-state index is 9.30. The third-order valence-electron chi connectivity index (χ3n) is 3.64. The van der Waals surface area contributed by atoms with Gasteiger partial charge in [-0.15, -0.1) is 47.3 Å². The predicted molar refractivity (Wildman–Crippen MR) is 184 cm³/mol. The molecule has 0 spiro atoms. The van der Waals surface area contributed by atoms with Crippen LogP contribution < -0.4 is 4.74 Å². The molecule has 0 atom stereocenters. The average molecular weight is 933 g/mol. The fourth-order valence-corrected chi connectivity index (χ4v) is 3.49. The van der Waals surface area contributed by atoms with Crippen molar-refractivity contribution in [1.82, 2.24) is 9.97 Å². The van der Waals surface area contributed by atoms with Gasteiger partial charge in [-0.05, 0) is 56.1 Å². The SMILES string of the molecule is BrB(Br)Br.C.C.COc1cc2ncc(Br)cc2cc1Cl.ClC(Cl)Cl.Oc1cc2ncc(Br)cc2cc1Cl. The predicted octanol–water partition coefficient (Wildman–Crippen LogP) is 12.4. The van der Waals surface area contributed by atoms with Crippen LogP contribution in [0.4, 0.5) is 0 Å². The van der Waals surface area contributed by atoms with Gasteiger partial charge in [0.15, 0.2) is 4.30 Å². The van der Waals surface area contributed by atoms with Gasteiger partial charge in [0.25, 0.3) is 0 Å². The highest BCUT2D eigenvalue weighted by atomic mass is 79.9. The van der Waals surface area contributed by atoms with Crippen molar-refractivity contribution in [3.05, 3.63) is 67.8 Å². The molecule has 2 heterocycles. The number of halogens is 10. The molecule has 0 fully saturated rings. The van der Waals surface area contributed by atoms with Crippen LogP contribution in [0.2, 0.25) is 10.0 Å². The third-order valence-corrected chi connectivity index (χ3v) is 5.10. The summed E-state index contributed by atoms with van der Waals surface area (Å²) in [5.74, 6) is 0.706. The minimum atomic E-state index is -0.750. The van der Waals surface area contributed by atoms with Crippen molar-refractivity contribution in [3.8, 4) is 11.5 Å². The van der Waals surface area contributed by atoms with E-state index in [0.717, 1.165) is 30.8 Å². The molecule has 204 valence electrons. The number of phenols is 1. The molecule has 4 nitrogen and oxygen atoms in total. The summed E-state index contributed by atoms with van der Waals surface area (Å²) < 4.78 is 6.45. The van der Waals surface area contributed by atoms with E-state index in [4.69, 9.17) is 62.7 Å². The number of rotatable bonds is 1. The first-order valence-corrected chi connectivity index (χ1v) is 15.3. The fourth-order valence-electron chi connectivity index (χ4n) is 2.37. The number of methoxy groups -OCH3 is 1. The van der Waals surface area contributed by atoms with Crippen molar-refractivity contribution in [2.24, 2.45) is 0 Å². The highest BCUT2D eigenvalue weighted by Gasteiger charge is 2.04. The van der Waals surface area contributed by atoms with Crippen molar-refractivity contribution < 1.29 is 9.84 Å². The lowest BCUT2D eigenvalue weighted by Gasteiger charge is -2.04. The fraction of sp³-hybridized carbons (Fsp3) is 0.182. The lowest BCUT2D eigenvalue weighted by molar-refractivity contribution is 0.415. The summed E-state index contributed by atoms with van der Waals surface area (Å²) in [6, 6.07) is 10.8. The molecule has 2 aromatic heterocycles. The highest BCUT2D eigenvalue weighted by molar-refractivity contribution is 9.69. The van der Waals surface area contributed by atoms with Gasteiger partial charge in [-0.25, -0.2) is 0 Å². The van der Waals surface area contributed by atoms with Gasteiger partial charge in [-0.3, -0.25) is 9.97 Å². The van der Waals surface area contributed by atoms with E-state index < -0.39 is 4.30 Å². The molecule has 0 radical (unpaired) electrons. The Labute approximate surface area is 284 Å². The monoisotopic (exact) mass is 926 g/mol. The molecule has 0 aliphatic rings. The van der Waals surface area contributed by atoms with Gasteiger partial charge in [0.05, 0.1) is 28.2 Å². The van der Waals surface area contributed by atoms with Crippen molar-refractivity contribution in [2.45, 2.75) is 19.1 Å². The van der Waals surface area contributed by atoms with E-state index in [0.29, 0.717) is 15.8 Å². The second kappa shape index (κ2) is 20.6. The number of hydrogen-bond donors (Lipinski definition) is 1. The second-order valence-corrected chi connectivity index (χ2v) is 17.0. The zero-order chi connectivity index (χ0) is 26.7. The Balaban J connectivity index is 0. The second-order valence-electron chi connectivity index (χ2n) is 5.98. The first kappa shape index (κ1) is 39.9. The molecule has 0 aliphatic heterocycles. The molecule has 15 heteroatoms. The number of benzene rings is 2. The lowest BCUT2D eigenvalue weighted by atomic mass is 10.2. The average Bonchev–Trinajstić information content (AvgIpc) is 2.74. The van der Waals surface area contributed by atoms with E-state index in [9.17, 15) is 5.11 Å². The molecular formula is C22H21BBr5Cl5N2O2. The van der Waals surface area contributed by atoms with Crippen LogP contribution in [0.3, 0.4) is 0 Å². The number of fused-ring (bicyclic) bond motifs is 2. The molecule has 37 heavy (non-hydrogen) atoms. The minimum absolute atomic E-state index is 0. The molecule has 0 unspecified atom stereocenters. The number of phenolic OH excluding ortho intramolecular Hbond substituents is 1. The van der Waals surface area contributed by atoms with E-state index in [-0.39, 0.29) is 23.8 Å². The van der Waals surface area contributed by atoms with Crippen LogP contribution in [0.15, 0.2) is 57.7 Å². The third kappa shape index (κ3) is 16.0. The summed E-state index contributed by atoms with van der Waals surface area (Å²) in [6.45, 7) is 0. The van der Waals surface area contributed by atoms with E-state index in [1.807, 2.05) is 24.3 Å². The first-order valence-electron chi connectivity index (χ1n) is 8.91. The summed E-state index contributed by atoms with van der Waals surface area (Å²) in [7, 11) is 1.59. The molecule has 0 bridgehead atoms. The zero-order valence-electron chi connectivity index (χ0n) is 17.3. The Morgan fingerprint density at radius 2 is 1.16 bits per heavy atom. The van der Waals surface area contributed by atoms with Crippen molar-refractivity contribution >= 4 is 162 Å². The summed E-state index contributed by atoms with van der Waals surface area (Å²) in [5, 5.41) is 12.1. The molecule has 2 aromatic carbocycles. The number of alkyl halides is 3. The highest BCUT2D eigenvalue weighted by Crippen LogP contribution is 2.30. The van der Waals surface area contributed by atoms with Gasteiger partial charge in [-0.1, -0.05) is 72.9 Å². The Kier molecular flexibility index (Phi) is 22.2.